The van der Waals surface area contributed by atoms with Crippen molar-refractivity contribution in [2.45, 2.75) is 33.9 Å². The molecule has 0 unspecified atom stereocenters. The van der Waals surface area contributed by atoms with Crippen LogP contribution in [0.2, 0.25) is 0 Å². The molecule has 0 bridgehead atoms. The van der Waals surface area contributed by atoms with Crippen LogP contribution in [0.25, 0.3) is 0 Å². The molecule has 0 fully saturated rings. The van der Waals surface area contributed by atoms with Crippen LogP contribution in [-0.4, -0.2) is 29.0 Å². The van der Waals surface area contributed by atoms with Crippen LogP contribution in [0.5, 0.6) is 0 Å². The molecule has 0 saturated heterocycles. The number of esters is 2. The fourth-order valence-electron chi connectivity index (χ4n) is 3.28. The minimum Gasteiger partial charge on any atom is -0.462 e. The van der Waals surface area contributed by atoms with Gasteiger partial charge in [-0.25, -0.2) is 4.79 Å². The van der Waals surface area contributed by atoms with Gasteiger partial charge < -0.3 is 19.4 Å². The first-order valence-electron chi connectivity index (χ1n) is 10.3. The molecule has 0 aliphatic heterocycles. The number of para-hydroxylation sites is 1. The standard InChI is InChI=1S/C25H26N2O5/c1-4-31-25(30)22-14-17(2)27(18(22)3)15-23(28)32-16-19-10-12-20(13-11-19)24(29)26-21-8-6-5-7-9-21/h5-14H,4,15-16H2,1-3H3,(H,26,29). The lowest BCUT2D eigenvalue weighted by molar-refractivity contribution is -0.145. The van der Waals surface area contributed by atoms with E-state index in [0.29, 0.717) is 16.8 Å². The summed E-state index contributed by atoms with van der Waals surface area (Å²) in [4.78, 5) is 36.7. The molecule has 1 amide bonds. The Bertz CT molecular complexity index is 1100. The SMILES string of the molecule is CCOC(=O)c1cc(C)n(CC(=O)OCc2ccc(C(=O)Nc3ccccc3)cc2)c1C. The molecule has 7 heteroatoms. The van der Waals surface area contributed by atoms with E-state index in [1.807, 2.05) is 37.3 Å². The van der Waals surface area contributed by atoms with Crippen LogP contribution in [0, 0.1) is 13.8 Å². The molecule has 166 valence electrons. The largest absolute Gasteiger partial charge is 0.462 e. The summed E-state index contributed by atoms with van der Waals surface area (Å²) in [5, 5.41) is 2.82. The number of rotatable bonds is 8. The van der Waals surface area contributed by atoms with Gasteiger partial charge in [0, 0.05) is 22.6 Å². The van der Waals surface area contributed by atoms with E-state index in [4.69, 9.17) is 9.47 Å². The van der Waals surface area contributed by atoms with Gasteiger partial charge in [0.1, 0.15) is 13.2 Å². The highest BCUT2D eigenvalue weighted by molar-refractivity contribution is 6.04. The van der Waals surface area contributed by atoms with Crippen molar-refractivity contribution in [3.05, 3.63) is 88.7 Å². The van der Waals surface area contributed by atoms with Crippen LogP contribution in [-0.2, 0) is 27.4 Å². The molecule has 3 aromatic rings. The second-order valence-corrected chi connectivity index (χ2v) is 7.27. The van der Waals surface area contributed by atoms with Crippen molar-refractivity contribution in [3.63, 3.8) is 0 Å². The lowest BCUT2D eigenvalue weighted by Gasteiger charge is -2.10. The van der Waals surface area contributed by atoms with Crippen molar-refractivity contribution in [1.82, 2.24) is 4.57 Å². The van der Waals surface area contributed by atoms with Crippen LogP contribution in [0.4, 0.5) is 5.69 Å². The Labute approximate surface area is 187 Å². The average molecular weight is 434 g/mol. The normalized spacial score (nSPS) is 10.5. The zero-order valence-electron chi connectivity index (χ0n) is 18.4. The van der Waals surface area contributed by atoms with Crippen molar-refractivity contribution in [3.8, 4) is 0 Å². The quantitative estimate of drug-likeness (QED) is 0.535. The minimum atomic E-state index is -0.423. The zero-order valence-corrected chi connectivity index (χ0v) is 18.4. The zero-order chi connectivity index (χ0) is 23.1. The van der Waals surface area contributed by atoms with Crippen LogP contribution < -0.4 is 5.32 Å². The van der Waals surface area contributed by atoms with Crippen molar-refractivity contribution in [1.29, 1.82) is 0 Å². The van der Waals surface area contributed by atoms with Crippen molar-refractivity contribution in [2.75, 3.05) is 11.9 Å². The number of carbonyl (C=O) groups is 3. The van der Waals surface area contributed by atoms with E-state index in [2.05, 4.69) is 5.32 Å². The first kappa shape index (κ1) is 22.8. The Morgan fingerprint density at radius 2 is 1.62 bits per heavy atom. The molecule has 2 aromatic carbocycles. The first-order chi connectivity index (χ1) is 15.4. The third-order valence-electron chi connectivity index (χ3n) is 5.00. The molecular weight excluding hydrogens is 408 g/mol. The molecule has 3 rings (SSSR count). The maximum atomic E-state index is 12.4. The van der Waals surface area contributed by atoms with Crippen molar-refractivity contribution in [2.24, 2.45) is 0 Å². The van der Waals surface area contributed by atoms with Gasteiger partial charge in [0.15, 0.2) is 0 Å². The number of carbonyl (C=O) groups excluding carboxylic acids is 3. The van der Waals surface area contributed by atoms with Crippen LogP contribution in [0.15, 0.2) is 60.7 Å². The van der Waals surface area contributed by atoms with Crippen molar-refractivity contribution < 1.29 is 23.9 Å². The number of hydrogen-bond donors (Lipinski definition) is 1. The van der Waals surface area contributed by atoms with E-state index in [0.717, 1.165) is 16.9 Å². The van der Waals surface area contributed by atoms with E-state index in [9.17, 15) is 14.4 Å². The average Bonchev–Trinajstić information content (AvgIpc) is 3.07. The Hall–Kier alpha value is -3.87. The van der Waals surface area contributed by atoms with Gasteiger partial charge in [-0.15, -0.1) is 0 Å². The smallest absolute Gasteiger partial charge is 0.339 e. The third-order valence-corrected chi connectivity index (χ3v) is 5.00. The summed E-state index contributed by atoms with van der Waals surface area (Å²) in [5.74, 6) is -1.04. The van der Waals surface area contributed by atoms with Crippen LogP contribution in [0.3, 0.4) is 0 Å². The number of hydrogen-bond acceptors (Lipinski definition) is 5. The molecule has 1 N–H and O–H groups in total. The number of aryl methyl sites for hydroxylation is 1. The van der Waals surface area contributed by atoms with Gasteiger partial charge in [-0.3, -0.25) is 9.59 Å². The van der Waals surface area contributed by atoms with Gasteiger partial charge in [-0.2, -0.15) is 0 Å². The van der Waals surface area contributed by atoms with Crippen LogP contribution in [0.1, 0.15) is 44.6 Å². The van der Waals surface area contributed by atoms with Crippen molar-refractivity contribution >= 4 is 23.5 Å². The number of benzene rings is 2. The summed E-state index contributed by atoms with van der Waals surface area (Å²) in [6.45, 7) is 5.71. The highest BCUT2D eigenvalue weighted by Crippen LogP contribution is 2.17. The lowest BCUT2D eigenvalue weighted by atomic mass is 10.1. The number of ether oxygens (including phenoxy) is 2. The van der Waals surface area contributed by atoms with Gasteiger partial charge in [-0.05, 0) is 56.7 Å². The molecule has 0 atom stereocenters. The Kier molecular flexibility index (Phi) is 7.44. The van der Waals surface area contributed by atoms with E-state index in [-0.39, 0.29) is 25.7 Å². The monoisotopic (exact) mass is 434 g/mol. The number of nitrogens with zero attached hydrogens (tertiary/aromatic N) is 1. The maximum Gasteiger partial charge on any atom is 0.339 e. The Balaban J connectivity index is 1.55. The maximum absolute atomic E-state index is 12.4. The topological polar surface area (TPSA) is 86.6 Å². The Morgan fingerprint density at radius 1 is 0.938 bits per heavy atom. The van der Waals surface area contributed by atoms with Gasteiger partial charge in [0.05, 0.1) is 12.2 Å². The number of aromatic nitrogens is 1. The fraction of sp³-hybridized carbons (Fsp3) is 0.240. The molecule has 0 aliphatic carbocycles. The summed E-state index contributed by atoms with van der Waals surface area (Å²) in [7, 11) is 0. The number of anilines is 1. The summed E-state index contributed by atoms with van der Waals surface area (Å²) in [6.07, 6.45) is 0. The van der Waals surface area contributed by atoms with E-state index in [1.54, 1.807) is 48.7 Å². The van der Waals surface area contributed by atoms with E-state index >= 15 is 0 Å². The lowest BCUT2D eigenvalue weighted by Crippen LogP contribution is -2.16. The number of amides is 1. The predicted octanol–water partition coefficient (Wildman–Crippen LogP) is 4.28. The fourth-order valence-corrected chi connectivity index (χ4v) is 3.28. The van der Waals surface area contributed by atoms with Gasteiger partial charge in [-0.1, -0.05) is 30.3 Å². The van der Waals surface area contributed by atoms with Gasteiger partial charge in [0.2, 0.25) is 0 Å². The summed E-state index contributed by atoms with van der Waals surface area (Å²) < 4.78 is 12.2. The molecule has 0 radical (unpaired) electrons. The highest BCUT2D eigenvalue weighted by Gasteiger charge is 2.18. The molecular formula is C25H26N2O5. The van der Waals surface area contributed by atoms with Crippen LogP contribution >= 0.6 is 0 Å². The third kappa shape index (κ3) is 5.63. The molecule has 1 heterocycles. The number of nitrogens with one attached hydrogen (secondary N) is 1. The molecule has 1 aromatic heterocycles. The van der Waals surface area contributed by atoms with E-state index < -0.39 is 11.9 Å². The molecule has 0 spiro atoms. The Morgan fingerprint density at radius 3 is 2.28 bits per heavy atom. The van der Waals surface area contributed by atoms with Gasteiger partial charge in [0.25, 0.3) is 5.91 Å². The second kappa shape index (κ2) is 10.4. The molecule has 0 saturated carbocycles. The molecule has 7 nitrogen and oxygen atoms in total. The van der Waals surface area contributed by atoms with E-state index in [1.165, 1.54) is 0 Å². The minimum absolute atomic E-state index is 0.00532. The predicted molar refractivity (Wildman–Crippen MR) is 120 cm³/mol. The molecule has 0 aliphatic rings. The highest BCUT2D eigenvalue weighted by atomic mass is 16.5. The summed E-state index contributed by atoms with van der Waals surface area (Å²) in [5.41, 5.74) is 3.87. The second-order valence-electron chi connectivity index (χ2n) is 7.27. The molecule has 32 heavy (non-hydrogen) atoms. The first-order valence-corrected chi connectivity index (χ1v) is 10.3. The summed E-state index contributed by atoms with van der Waals surface area (Å²) >= 11 is 0. The summed E-state index contributed by atoms with van der Waals surface area (Å²) in [6, 6.07) is 17.8. The van der Waals surface area contributed by atoms with Gasteiger partial charge >= 0.3 is 11.9 Å².